The van der Waals surface area contributed by atoms with Crippen LogP contribution in [0.2, 0.25) is 0 Å². The highest BCUT2D eigenvalue weighted by Crippen LogP contribution is 2.23. The van der Waals surface area contributed by atoms with Crippen LogP contribution in [-0.2, 0) is 6.42 Å². The van der Waals surface area contributed by atoms with E-state index in [4.69, 9.17) is 21.4 Å². The molecule has 0 unspecified atom stereocenters. The zero-order chi connectivity index (χ0) is 29.1. The monoisotopic (exact) mass is 552 g/mol. The summed E-state index contributed by atoms with van der Waals surface area (Å²) in [4.78, 5) is 2.24. The van der Waals surface area contributed by atoms with Crippen LogP contribution < -0.4 is 10.6 Å². The van der Waals surface area contributed by atoms with Crippen LogP contribution in [-0.4, -0.2) is 5.11 Å². The number of benzene rings is 1. The molecule has 0 amide bonds. The Balaban J connectivity index is -0.00000131. The number of allylic oxidation sites excluding steroid dienone is 2. The molecule has 0 saturated carbocycles. The van der Waals surface area contributed by atoms with Crippen LogP contribution in [0.5, 0.6) is 0 Å². The first kappa shape index (κ1) is 39.2. The number of hydrogen-bond donors (Lipinski definition) is 2. The summed E-state index contributed by atoms with van der Waals surface area (Å²) in [5.41, 5.74) is 4.28. The predicted octanol–water partition coefficient (Wildman–Crippen LogP) is 11.7. The summed E-state index contributed by atoms with van der Waals surface area (Å²) >= 11 is 7.13. The number of rotatable bonds is 11. The number of anilines is 1. The summed E-state index contributed by atoms with van der Waals surface area (Å²) in [7, 11) is 0. The van der Waals surface area contributed by atoms with Gasteiger partial charge in [0.15, 0.2) is 5.11 Å². The van der Waals surface area contributed by atoms with Crippen molar-refractivity contribution < 1.29 is 9.15 Å². The van der Waals surface area contributed by atoms with Crippen LogP contribution in [0.15, 0.2) is 61.2 Å². The lowest BCUT2D eigenvalue weighted by Crippen LogP contribution is -2.26. The van der Waals surface area contributed by atoms with Gasteiger partial charge in [-0.25, -0.2) is 0 Å². The van der Waals surface area contributed by atoms with Crippen LogP contribution in [0.3, 0.4) is 0 Å². The molecule has 0 spiro atoms. The van der Waals surface area contributed by atoms with Crippen LogP contribution >= 0.6 is 23.6 Å². The topological polar surface area (TPSA) is 24.1 Å². The summed E-state index contributed by atoms with van der Waals surface area (Å²) < 4.78 is 16.0. The van der Waals surface area contributed by atoms with E-state index in [2.05, 4.69) is 86.2 Å². The zero-order valence-corrected chi connectivity index (χ0v) is 26.0. The molecule has 1 heterocycles. The van der Waals surface area contributed by atoms with Crippen molar-refractivity contribution in [3.05, 3.63) is 76.5 Å². The average Bonchev–Trinajstić information content (AvgIpc) is 3.44. The molecule has 37 heavy (non-hydrogen) atoms. The maximum atomic E-state index is 8.00. The second kappa shape index (κ2) is 28.3. The van der Waals surface area contributed by atoms with Crippen molar-refractivity contribution in [3.8, 4) is 0 Å². The number of hydrogen-bond acceptors (Lipinski definition) is 2. The van der Waals surface area contributed by atoms with Gasteiger partial charge in [0.25, 0.3) is 0 Å². The third kappa shape index (κ3) is 19.5. The maximum Gasteiger partial charge on any atom is 0.175 e. The van der Waals surface area contributed by atoms with E-state index in [0.717, 1.165) is 34.7 Å². The van der Waals surface area contributed by atoms with Gasteiger partial charge in [-0.3, -0.25) is 0 Å². The molecular formula is C31H50F2N2S2. The van der Waals surface area contributed by atoms with E-state index in [-0.39, 0.29) is 0 Å². The fourth-order valence-electron chi connectivity index (χ4n) is 2.79. The minimum Gasteiger partial charge on any atom is -0.332 e. The van der Waals surface area contributed by atoms with Crippen molar-refractivity contribution in [1.82, 2.24) is 5.32 Å². The first-order valence-electron chi connectivity index (χ1n) is 13.5. The maximum absolute atomic E-state index is 8.00. The van der Waals surface area contributed by atoms with Crippen LogP contribution in [0.4, 0.5) is 14.8 Å². The SMILES string of the molecule is C=C(/C=C/c1ccc(C(=C)NC(=S)Nc2ccc(CCCCCC)cc2)s1)CC.CC.CC.CC.FF. The van der Waals surface area contributed by atoms with Crippen LogP contribution in [0, 0.1) is 0 Å². The molecule has 0 fully saturated rings. The molecule has 2 nitrogen and oxygen atoms in total. The Hall–Kier alpha value is -2.31. The Morgan fingerprint density at radius 1 is 0.892 bits per heavy atom. The highest BCUT2D eigenvalue weighted by Gasteiger charge is 2.05. The number of aryl methyl sites for hydroxylation is 1. The molecule has 0 bridgehead atoms. The molecule has 0 aliphatic heterocycles. The summed E-state index contributed by atoms with van der Waals surface area (Å²) in [6, 6.07) is 12.7. The number of thiocarbonyl (C=S) groups is 1. The standard InChI is InChI=1S/C25H32N2S2.3C2H6.F2/c1-5-7-8-9-10-21-12-14-22(15-13-21)27-25(28)26-20(4)24-18-17-23(29-24)16-11-19(3)6-2;4*1-2/h11-18H,3-10H2,1-2H3,(H2,26,27,28);3*1-2H3;/b16-11+;;;;. The third-order valence-electron chi connectivity index (χ3n) is 4.66. The summed E-state index contributed by atoms with van der Waals surface area (Å²) in [5, 5.41) is 6.98. The van der Waals surface area contributed by atoms with Gasteiger partial charge in [0.2, 0.25) is 0 Å². The lowest BCUT2D eigenvalue weighted by Gasteiger charge is -2.12. The smallest absolute Gasteiger partial charge is 0.175 e. The molecule has 0 aliphatic rings. The first-order valence-corrected chi connectivity index (χ1v) is 14.7. The molecule has 0 radical (unpaired) electrons. The van der Waals surface area contributed by atoms with Crippen molar-refractivity contribution >= 4 is 46.1 Å². The van der Waals surface area contributed by atoms with Crippen molar-refractivity contribution in [3.63, 3.8) is 0 Å². The Morgan fingerprint density at radius 2 is 1.49 bits per heavy atom. The Kier molecular flexibility index (Phi) is 30.0. The fourth-order valence-corrected chi connectivity index (χ4v) is 3.87. The molecule has 0 atom stereocenters. The van der Waals surface area contributed by atoms with Gasteiger partial charge in [-0.05, 0) is 67.4 Å². The van der Waals surface area contributed by atoms with Crippen molar-refractivity contribution in [2.24, 2.45) is 0 Å². The van der Waals surface area contributed by atoms with Crippen molar-refractivity contribution in [1.29, 1.82) is 0 Å². The number of halogens is 2. The Morgan fingerprint density at radius 3 is 2.03 bits per heavy atom. The van der Waals surface area contributed by atoms with E-state index < -0.39 is 0 Å². The van der Waals surface area contributed by atoms with Gasteiger partial charge in [0.1, 0.15) is 0 Å². The number of unbranched alkanes of at least 4 members (excludes halogenated alkanes) is 3. The minimum absolute atomic E-state index is 0.551. The van der Waals surface area contributed by atoms with E-state index in [1.54, 1.807) is 11.3 Å². The second-order valence-corrected chi connectivity index (χ2v) is 8.64. The minimum atomic E-state index is 0.551. The van der Waals surface area contributed by atoms with Crippen LogP contribution in [0.1, 0.15) is 103 Å². The summed E-state index contributed by atoms with van der Waals surface area (Å²) in [5.74, 6) is 0. The van der Waals surface area contributed by atoms with Gasteiger partial charge in [0, 0.05) is 19.7 Å². The highest BCUT2D eigenvalue weighted by atomic mass is 32.1. The van der Waals surface area contributed by atoms with Gasteiger partial charge < -0.3 is 10.6 Å². The van der Waals surface area contributed by atoms with Gasteiger partial charge >= 0.3 is 0 Å². The van der Waals surface area contributed by atoms with E-state index in [9.17, 15) is 0 Å². The molecule has 210 valence electrons. The third-order valence-corrected chi connectivity index (χ3v) is 5.97. The predicted molar refractivity (Wildman–Crippen MR) is 172 cm³/mol. The number of nitrogens with one attached hydrogen (secondary N) is 2. The lowest BCUT2D eigenvalue weighted by atomic mass is 10.1. The molecule has 1 aromatic heterocycles. The molecular weight excluding hydrogens is 502 g/mol. The molecule has 2 aromatic rings. The summed E-state index contributed by atoms with van der Waals surface area (Å²) in [6.45, 7) is 24.5. The fraction of sp³-hybridized carbons (Fsp3) is 0.452. The van der Waals surface area contributed by atoms with Crippen molar-refractivity contribution in [2.45, 2.75) is 93.9 Å². The van der Waals surface area contributed by atoms with E-state index in [1.165, 1.54) is 36.1 Å². The molecule has 2 rings (SSSR count). The first-order chi connectivity index (χ1) is 18.0. The largest absolute Gasteiger partial charge is 0.332 e. The summed E-state index contributed by atoms with van der Waals surface area (Å²) in [6.07, 6.45) is 11.4. The average molecular weight is 553 g/mol. The Bertz CT molecular complexity index is 856. The normalized spacial score (nSPS) is 9.14. The second-order valence-electron chi connectivity index (χ2n) is 7.11. The molecule has 1 aromatic carbocycles. The molecule has 6 heteroatoms. The molecule has 0 saturated heterocycles. The van der Waals surface area contributed by atoms with Crippen molar-refractivity contribution in [2.75, 3.05) is 5.32 Å². The lowest BCUT2D eigenvalue weighted by molar-refractivity contribution is 0.108. The molecule has 0 aliphatic carbocycles. The van der Waals surface area contributed by atoms with E-state index in [0.29, 0.717) is 5.11 Å². The zero-order valence-electron chi connectivity index (χ0n) is 24.3. The van der Waals surface area contributed by atoms with Gasteiger partial charge in [-0.15, -0.1) is 11.3 Å². The van der Waals surface area contributed by atoms with E-state index >= 15 is 0 Å². The van der Waals surface area contributed by atoms with Crippen LogP contribution in [0.25, 0.3) is 11.8 Å². The Labute approximate surface area is 235 Å². The quantitative estimate of drug-likeness (QED) is 0.165. The van der Waals surface area contributed by atoms with Gasteiger partial charge in [0.05, 0.1) is 10.6 Å². The van der Waals surface area contributed by atoms with Gasteiger partial charge in [-0.1, -0.05) is 112 Å². The number of thiophene rings is 1. The van der Waals surface area contributed by atoms with Gasteiger partial charge in [-0.2, -0.15) is 0 Å². The molecule has 2 N–H and O–H groups in total. The van der Waals surface area contributed by atoms with E-state index in [1.807, 2.05) is 41.5 Å². The highest BCUT2D eigenvalue weighted by molar-refractivity contribution is 7.80.